The van der Waals surface area contributed by atoms with E-state index in [0.29, 0.717) is 22.7 Å². The van der Waals surface area contributed by atoms with Gasteiger partial charge in [0.1, 0.15) is 10.8 Å². The number of hydrazone groups is 1. The normalized spacial score (nSPS) is 11.4. The van der Waals surface area contributed by atoms with Gasteiger partial charge in [-0.25, -0.2) is 19.6 Å². The van der Waals surface area contributed by atoms with Crippen molar-refractivity contribution < 1.29 is 9.18 Å². The van der Waals surface area contributed by atoms with E-state index in [1.54, 1.807) is 13.1 Å². The van der Waals surface area contributed by atoms with Crippen LogP contribution < -0.4 is 10.7 Å². The van der Waals surface area contributed by atoms with E-state index >= 15 is 0 Å². The van der Waals surface area contributed by atoms with E-state index in [1.165, 1.54) is 24.5 Å². The molecule has 0 aliphatic rings. The van der Waals surface area contributed by atoms with Crippen LogP contribution in [-0.2, 0) is 6.42 Å². The maximum atomic E-state index is 13.3. The number of aromatic nitrogens is 2. The Kier molecular flexibility index (Phi) is 5.16. The lowest BCUT2D eigenvalue weighted by molar-refractivity contribution is 0.243. The van der Waals surface area contributed by atoms with Gasteiger partial charge < -0.3 is 5.32 Å². The van der Waals surface area contributed by atoms with Crippen molar-refractivity contribution in [3.63, 3.8) is 0 Å². The molecule has 0 unspecified atom stereocenters. The fourth-order valence-corrected chi connectivity index (χ4v) is 2.85. The molecule has 0 fully saturated rings. The second kappa shape index (κ2) is 7.08. The van der Waals surface area contributed by atoms with Crippen molar-refractivity contribution >= 4 is 23.1 Å². The molecule has 116 valence electrons. The van der Waals surface area contributed by atoms with Gasteiger partial charge in [0.2, 0.25) is 0 Å². The van der Waals surface area contributed by atoms with Crippen LogP contribution in [0.5, 0.6) is 0 Å². The minimum absolute atomic E-state index is 0.392. The smallest absolute Gasteiger partial charge is 0.334 e. The predicted molar refractivity (Wildman–Crippen MR) is 84.5 cm³/mol. The molecule has 0 bridgehead atoms. The average molecular weight is 321 g/mol. The summed E-state index contributed by atoms with van der Waals surface area (Å²) in [4.78, 5) is 20.4. The van der Waals surface area contributed by atoms with Gasteiger partial charge in [-0.15, -0.1) is 11.3 Å². The molecular weight excluding hydrogens is 305 g/mol. The average Bonchev–Trinajstić information content (AvgIpc) is 2.96. The number of pyridine rings is 1. The second-order valence-corrected chi connectivity index (χ2v) is 5.43. The molecule has 0 aliphatic heterocycles. The molecule has 2 heterocycles. The lowest BCUT2D eigenvalue weighted by Crippen LogP contribution is -2.29. The molecule has 6 nitrogen and oxygen atoms in total. The van der Waals surface area contributed by atoms with Crippen molar-refractivity contribution in [2.45, 2.75) is 20.3 Å². The van der Waals surface area contributed by atoms with Crippen LogP contribution in [0.3, 0.4) is 0 Å². The lowest BCUT2D eigenvalue weighted by atomic mass is 10.2. The van der Waals surface area contributed by atoms with E-state index in [4.69, 9.17) is 0 Å². The molecule has 2 N–H and O–H groups in total. The number of nitrogens with one attached hydrogen (secondary N) is 2. The largest absolute Gasteiger partial charge is 0.340 e. The summed E-state index contributed by atoms with van der Waals surface area (Å²) in [7, 11) is 1.51. The Morgan fingerprint density at radius 2 is 2.23 bits per heavy atom. The molecule has 0 saturated heterocycles. The highest BCUT2D eigenvalue weighted by molar-refractivity contribution is 7.17. The summed E-state index contributed by atoms with van der Waals surface area (Å²) in [5.74, 6) is -0.404. The first-order valence-corrected chi connectivity index (χ1v) is 7.49. The summed E-state index contributed by atoms with van der Waals surface area (Å²) in [6, 6.07) is 1.00. The molecule has 22 heavy (non-hydrogen) atoms. The minimum atomic E-state index is -0.404. The molecule has 2 amide bonds. The molecule has 0 saturated carbocycles. The number of urea groups is 1. The van der Waals surface area contributed by atoms with Crippen molar-refractivity contribution in [1.82, 2.24) is 20.7 Å². The van der Waals surface area contributed by atoms with Crippen molar-refractivity contribution in [2.24, 2.45) is 5.10 Å². The Balaban J connectivity index is 2.35. The first-order chi connectivity index (χ1) is 10.5. The zero-order chi connectivity index (χ0) is 16.1. The van der Waals surface area contributed by atoms with Crippen LogP contribution in [0.25, 0.3) is 10.6 Å². The summed E-state index contributed by atoms with van der Waals surface area (Å²) in [5.41, 5.74) is 4.51. The topological polar surface area (TPSA) is 79.3 Å². The number of carbonyl (C=O) groups excluding carboxylic acids is 1. The standard InChI is InChI=1S/C14H16FN5OS/c1-4-11-12(8(2)19-20-14(21)16-3)22-13(18-11)9-5-10(15)7-17-6-9/h5-7H,4H2,1-3H3,(H2,16,20,21). The monoisotopic (exact) mass is 321 g/mol. The third kappa shape index (κ3) is 3.64. The van der Waals surface area contributed by atoms with Gasteiger partial charge in [0.25, 0.3) is 0 Å². The highest BCUT2D eigenvalue weighted by atomic mass is 32.1. The van der Waals surface area contributed by atoms with Gasteiger partial charge in [-0.2, -0.15) is 5.10 Å². The number of carbonyl (C=O) groups is 1. The van der Waals surface area contributed by atoms with Crippen molar-refractivity contribution in [3.05, 3.63) is 34.8 Å². The predicted octanol–water partition coefficient (Wildman–Crippen LogP) is 2.56. The molecule has 0 atom stereocenters. The number of hydrogen-bond acceptors (Lipinski definition) is 5. The molecular formula is C14H16FN5OS. The number of thiazole rings is 1. The van der Waals surface area contributed by atoms with Crippen LogP contribution in [0.2, 0.25) is 0 Å². The quantitative estimate of drug-likeness (QED) is 0.671. The van der Waals surface area contributed by atoms with E-state index in [2.05, 4.69) is 25.8 Å². The maximum Gasteiger partial charge on any atom is 0.334 e. The van der Waals surface area contributed by atoms with Crippen molar-refractivity contribution in [2.75, 3.05) is 7.05 Å². The zero-order valence-electron chi connectivity index (χ0n) is 12.5. The number of nitrogens with zero attached hydrogens (tertiary/aromatic N) is 3. The van der Waals surface area contributed by atoms with E-state index in [1.807, 2.05) is 6.92 Å². The summed E-state index contributed by atoms with van der Waals surface area (Å²) in [6.07, 6.45) is 3.43. The van der Waals surface area contributed by atoms with E-state index in [-0.39, 0.29) is 0 Å². The third-order valence-electron chi connectivity index (χ3n) is 2.86. The van der Waals surface area contributed by atoms with Gasteiger partial charge in [-0.1, -0.05) is 6.92 Å². The molecule has 2 aromatic heterocycles. The number of amides is 2. The van der Waals surface area contributed by atoms with Crippen molar-refractivity contribution in [1.29, 1.82) is 0 Å². The molecule has 8 heteroatoms. The van der Waals surface area contributed by atoms with Crippen LogP contribution in [0, 0.1) is 5.82 Å². The van der Waals surface area contributed by atoms with Crippen LogP contribution in [0.15, 0.2) is 23.6 Å². The molecule has 0 aromatic carbocycles. The Labute approximate surface area is 131 Å². The van der Waals surface area contributed by atoms with Gasteiger partial charge in [0.05, 0.1) is 22.5 Å². The van der Waals surface area contributed by atoms with E-state index < -0.39 is 11.8 Å². The summed E-state index contributed by atoms with van der Waals surface area (Å²) in [5, 5.41) is 7.13. The lowest BCUT2D eigenvalue weighted by Gasteiger charge is -2.01. The highest BCUT2D eigenvalue weighted by Gasteiger charge is 2.14. The number of halogens is 1. The van der Waals surface area contributed by atoms with Crippen LogP contribution in [0.4, 0.5) is 9.18 Å². The fourth-order valence-electron chi connectivity index (χ4n) is 1.77. The summed E-state index contributed by atoms with van der Waals surface area (Å²) in [6.45, 7) is 3.77. The number of hydrogen-bond donors (Lipinski definition) is 2. The second-order valence-electron chi connectivity index (χ2n) is 4.43. The van der Waals surface area contributed by atoms with Crippen molar-refractivity contribution in [3.8, 4) is 10.6 Å². The van der Waals surface area contributed by atoms with E-state index in [9.17, 15) is 9.18 Å². The van der Waals surface area contributed by atoms with Gasteiger partial charge in [-0.3, -0.25) is 4.98 Å². The Bertz CT molecular complexity index is 713. The molecule has 0 radical (unpaired) electrons. The van der Waals surface area contributed by atoms with Gasteiger partial charge >= 0.3 is 6.03 Å². The summed E-state index contributed by atoms with van der Waals surface area (Å²) < 4.78 is 13.3. The Hall–Kier alpha value is -2.35. The van der Waals surface area contributed by atoms with Gasteiger partial charge in [0.15, 0.2) is 0 Å². The first kappa shape index (κ1) is 16.0. The molecule has 0 aliphatic carbocycles. The van der Waals surface area contributed by atoms with E-state index in [0.717, 1.165) is 16.8 Å². The zero-order valence-corrected chi connectivity index (χ0v) is 13.3. The molecule has 2 aromatic rings. The Morgan fingerprint density at radius 3 is 2.86 bits per heavy atom. The SMILES string of the molecule is CCc1nc(-c2cncc(F)c2)sc1C(C)=NNC(=O)NC. The maximum absolute atomic E-state index is 13.3. The van der Waals surface area contributed by atoms with Gasteiger partial charge in [0, 0.05) is 18.8 Å². The van der Waals surface area contributed by atoms with Crippen LogP contribution >= 0.6 is 11.3 Å². The minimum Gasteiger partial charge on any atom is -0.340 e. The highest BCUT2D eigenvalue weighted by Crippen LogP contribution is 2.29. The molecule has 0 spiro atoms. The number of aryl methyl sites for hydroxylation is 1. The Morgan fingerprint density at radius 1 is 1.45 bits per heavy atom. The van der Waals surface area contributed by atoms with Gasteiger partial charge in [-0.05, 0) is 19.4 Å². The fraction of sp³-hybridized carbons (Fsp3) is 0.286. The number of rotatable bonds is 4. The molecule has 2 rings (SSSR count). The summed E-state index contributed by atoms with van der Waals surface area (Å²) >= 11 is 1.39. The van der Waals surface area contributed by atoms with Crippen LogP contribution in [0.1, 0.15) is 24.4 Å². The third-order valence-corrected chi connectivity index (χ3v) is 4.12. The first-order valence-electron chi connectivity index (χ1n) is 6.68. The van der Waals surface area contributed by atoms with Crippen LogP contribution in [-0.4, -0.2) is 28.8 Å².